The Kier molecular flexibility index (Phi) is 9.06. The third kappa shape index (κ3) is 6.25. The normalized spacial score (nSPS) is 17.0. The maximum absolute atomic E-state index is 12.6. The quantitative estimate of drug-likeness (QED) is 0.479. The van der Waals surface area contributed by atoms with Crippen LogP contribution in [0.3, 0.4) is 0 Å². The molecule has 1 aromatic heterocycles. The van der Waals surface area contributed by atoms with Gasteiger partial charge in [0.25, 0.3) is 0 Å². The number of carbonyl (C=O) groups excluding carboxylic acids is 3. The molecule has 0 aromatic carbocycles. The topological polar surface area (TPSA) is 94.2 Å². The molecule has 1 unspecified atom stereocenters. The minimum atomic E-state index is -0.571. The number of likely N-dealkylation sites (tertiary alicyclic amines) is 1. The number of rotatable bonds is 9. The molecule has 0 spiro atoms. The van der Waals surface area contributed by atoms with E-state index in [-0.39, 0.29) is 42.7 Å². The van der Waals surface area contributed by atoms with Crippen LogP contribution >= 0.6 is 11.3 Å². The van der Waals surface area contributed by atoms with Gasteiger partial charge in [-0.2, -0.15) is 0 Å². The standard InChI is InChI=1S/C20H30N2O6S/c1-5-27-19(24)16-14(3)17(20(25)28-11-10-26-4)29-18(16)21-15(23)12-22-9-7-6-8-13(22)2/h13H,5-12H2,1-4H3,(H,21,23). The van der Waals surface area contributed by atoms with E-state index in [0.29, 0.717) is 16.6 Å². The van der Waals surface area contributed by atoms with Crippen LogP contribution in [0.25, 0.3) is 0 Å². The number of carbonyl (C=O) groups is 3. The fourth-order valence-corrected chi connectivity index (χ4v) is 4.38. The molecule has 9 heteroatoms. The highest BCUT2D eigenvalue weighted by atomic mass is 32.1. The van der Waals surface area contributed by atoms with Crippen molar-refractivity contribution in [1.82, 2.24) is 4.90 Å². The maximum atomic E-state index is 12.6. The molecule has 162 valence electrons. The van der Waals surface area contributed by atoms with Gasteiger partial charge < -0.3 is 19.5 Å². The molecule has 1 aromatic rings. The molecular weight excluding hydrogens is 396 g/mol. The van der Waals surface area contributed by atoms with Crippen LogP contribution < -0.4 is 5.32 Å². The van der Waals surface area contributed by atoms with E-state index in [9.17, 15) is 14.4 Å². The molecular formula is C20H30N2O6S. The van der Waals surface area contributed by atoms with E-state index in [2.05, 4.69) is 17.1 Å². The number of esters is 2. The van der Waals surface area contributed by atoms with Gasteiger partial charge in [0.15, 0.2) is 0 Å². The van der Waals surface area contributed by atoms with Crippen LogP contribution in [0.15, 0.2) is 0 Å². The number of hydrogen-bond donors (Lipinski definition) is 1. The summed E-state index contributed by atoms with van der Waals surface area (Å²) < 4.78 is 15.2. The Balaban J connectivity index is 2.19. The molecule has 29 heavy (non-hydrogen) atoms. The SMILES string of the molecule is CCOC(=O)c1c(NC(=O)CN2CCCCC2C)sc(C(=O)OCCOC)c1C. The molecule has 1 N–H and O–H groups in total. The summed E-state index contributed by atoms with van der Waals surface area (Å²) in [6.07, 6.45) is 3.31. The van der Waals surface area contributed by atoms with Gasteiger partial charge in [0.1, 0.15) is 16.5 Å². The van der Waals surface area contributed by atoms with Crippen LogP contribution in [0.2, 0.25) is 0 Å². The lowest BCUT2D eigenvalue weighted by molar-refractivity contribution is -0.118. The summed E-state index contributed by atoms with van der Waals surface area (Å²) in [6.45, 7) is 7.16. The van der Waals surface area contributed by atoms with Crippen LogP contribution in [0, 0.1) is 6.92 Å². The monoisotopic (exact) mass is 426 g/mol. The summed E-state index contributed by atoms with van der Waals surface area (Å²) in [5, 5.41) is 3.12. The first kappa shape index (κ1) is 23.3. The van der Waals surface area contributed by atoms with E-state index >= 15 is 0 Å². The third-order valence-corrected chi connectivity index (χ3v) is 6.06. The van der Waals surface area contributed by atoms with Crippen molar-refractivity contribution in [2.24, 2.45) is 0 Å². The molecule has 2 heterocycles. The lowest BCUT2D eigenvalue weighted by Crippen LogP contribution is -2.42. The van der Waals surface area contributed by atoms with E-state index in [0.717, 1.165) is 30.7 Å². The molecule has 0 bridgehead atoms. The molecule has 0 saturated carbocycles. The first-order chi connectivity index (χ1) is 13.9. The van der Waals surface area contributed by atoms with E-state index in [1.165, 1.54) is 13.5 Å². The summed E-state index contributed by atoms with van der Waals surface area (Å²) in [6, 6.07) is 0.343. The zero-order valence-corrected chi connectivity index (χ0v) is 18.4. The smallest absolute Gasteiger partial charge is 0.348 e. The lowest BCUT2D eigenvalue weighted by atomic mass is 10.0. The lowest BCUT2D eigenvalue weighted by Gasteiger charge is -2.32. The highest BCUT2D eigenvalue weighted by Gasteiger charge is 2.28. The van der Waals surface area contributed by atoms with Crippen molar-refractivity contribution in [2.45, 2.75) is 46.1 Å². The van der Waals surface area contributed by atoms with Gasteiger partial charge in [-0.15, -0.1) is 11.3 Å². The Morgan fingerprint density at radius 3 is 2.59 bits per heavy atom. The van der Waals surface area contributed by atoms with Gasteiger partial charge in [0.05, 0.1) is 25.3 Å². The molecule has 1 aliphatic heterocycles. The summed E-state index contributed by atoms with van der Waals surface area (Å²) in [4.78, 5) is 39.9. The molecule has 1 atom stereocenters. The first-order valence-electron chi connectivity index (χ1n) is 9.89. The van der Waals surface area contributed by atoms with Crippen molar-refractivity contribution in [3.63, 3.8) is 0 Å². The number of methoxy groups -OCH3 is 1. The minimum absolute atomic E-state index is 0.107. The third-order valence-electron chi connectivity index (χ3n) is 4.87. The van der Waals surface area contributed by atoms with Gasteiger partial charge in [0.2, 0.25) is 5.91 Å². The van der Waals surface area contributed by atoms with Crippen molar-refractivity contribution >= 4 is 34.2 Å². The van der Waals surface area contributed by atoms with Gasteiger partial charge >= 0.3 is 11.9 Å². The Hall–Kier alpha value is -1.97. The van der Waals surface area contributed by atoms with Crippen molar-refractivity contribution in [1.29, 1.82) is 0 Å². The van der Waals surface area contributed by atoms with Crippen LogP contribution in [-0.2, 0) is 19.0 Å². The number of hydrogen-bond acceptors (Lipinski definition) is 8. The van der Waals surface area contributed by atoms with Gasteiger partial charge in [-0.1, -0.05) is 6.42 Å². The van der Waals surface area contributed by atoms with E-state index in [4.69, 9.17) is 14.2 Å². The van der Waals surface area contributed by atoms with Gasteiger partial charge in [0, 0.05) is 13.2 Å². The molecule has 2 rings (SSSR count). The van der Waals surface area contributed by atoms with Gasteiger partial charge in [-0.3, -0.25) is 9.69 Å². The van der Waals surface area contributed by atoms with E-state index < -0.39 is 11.9 Å². The Labute approximate surface area is 175 Å². The molecule has 0 aliphatic carbocycles. The van der Waals surface area contributed by atoms with Crippen molar-refractivity contribution < 1.29 is 28.6 Å². The van der Waals surface area contributed by atoms with Crippen molar-refractivity contribution in [2.75, 3.05) is 45.3 Å². The minimum Gasteiger partial charge on any atom is -0.462 e. The van der Waals surface area contributed by atoms with Crippen LogP contribution in [0.5, 0.6) is 0 Å². The average Bonchev–Trinajstić information content (AvgIpc) is 3.00. The summed E-state index contributed by atoms with van der Waals surface area (Å²) in [7, 11) is 1.51. The predicted octanol–water partition coefficient (Wildman–Crippen LogP) is 2.85. The fourth-order valence-electron chi connectivity index (χ4n) is 3.27. The first-order valence-corrected chi connectivity index (χ1v) is 10.7. The summed E-state index contributed by atoms with van der Waals surface area (Å²) in [5.41, 5.74) is 0.646. The second kappa shape index (κ2) is 11.3. The highest BCUT2D eigenvalue weighted by molar-refractivity contribution is 7.18. The Morgan fingerprint density at radius 1 is 1.17 bits per heavy atom. The van der Waals surface area contributed by atoms with Crippen LogP contribution in [0.4, 0.5) is 5.00 Å². The zero-order chi connectivity index (χ0) is 21.4. The number of piperidine rings is 1. The fraction of sp³-hybridized carbons (Fsp3) is 0.650. The number of nitrogens with zero attached hydrogens (tertiary/aromatic N) is 1. The molecule has 8 nitrogen and oxygen atoms in total. The van der Waals surface area contributed by atoms with Gasteiger partial charge in [-0.25, -0.2) is 9.59 Å². The van der Waals surface area contributed by atoms with Crippen molar-refractivity contribution in [3.8, 4) is 0 Å². The molecule has 1 fully saturated rings. The van der Waals surface area contributed by atoms with Crippen LogP contribution in [-0.4, -0.2) is 68.8 Å². The summed E-state index contributed by atoms with van der Waals surface area (Å²) in [5.74, 6) is -1.34. The van der Waals surface area contributed by atoms with E-state index in [1.54, 1.807) is 13.8 Å². The van der Waals surface area contributed by atoms with E-state index in [1.807, 2.05) is 0 Å². The largest absolute Gasteiger partial charge is 0.462 e. The van der Waals surface area contributed by atoms with Crippen molar-refractivity contribution in [3.05, 3.63) is 16.0 Å². The predicted molar refractivity (Wildman–Crippen MR) is 111 cm³/mol. The zero-order valence-electron chi connectivity index (χ0n) is 17.5. The summed E-state index contributed by atoms with van der Waals surface area (Å²) >= 11 is 1.03. The second-order valence-corrected chi connectivity index (χ2v) is 7.99. The van der Waals surface area contributed by atoms with Gasteiger partial charge in [-0.05, 0) is 45.7 Å². The van der Waals surface area contributed by atoms with Crippen LogP contribution in [0.1, 0.15) is 58.7 Å². The number of amides is 1. The molecule has 1 aliphatic rings. The second-order valence-electron chi connectivity index (χ2n) is 6.97. The highest BCUT2D eigenvalue weighted by Crippen LogP contribution is 2.34. The molecule has 0 radical (unpaired) electrons. The Morgan fingerprint density at radius 2 is 1.93 bits per heavy atom. The average molecular weight is 427 g/mol. The molecule has 1 saturated heterocycles. The number of ether oxygens (including phenoxy) is 3. The number of thiophene rings is 1. The number of anilines is 1. The molecule has 1 amide bonds. The maximum Gasteiger partial charge on any atom is 0.348 e. The number of nitrogens with one attached hydrogen (secondary N) is 1. The Bertz CT molecular complexity index is 733.